The number of aliphatic hydroxyl groups excluding tert-OH is 3. The number of amides is 1. The summed E-state index contributed by atoms with van der Waals surface area (Å²) in [6.45, 7) is 13.8. The number of aromatic nitrogens is 2. The molecule has 1 amide bonds. The number of anilines is 1. The second kappa shape index (κ2) is 38.0. The molecule has 3 unspecified atom stereocenters. The van der Waals surface area contributed by atoms with Gasteiger partial charge < -0.3 is 73.6 Å². The molecule has 76 heavy (non-hydrogen) atoms. The molecule has 0 spiro atoms. The molecule has 4 heterocycles. The molecular weight excluding hydrogens is 1010 g/mol. The number of nitrogens with zero attached hydrogens (tertiary/aromatic N) is 3. The number of rotatable bonds is 19. The highest BCUT2D eigenvalue weighted by Gasteiger charge is 2.31. The van der Waals surface area contributed by atoms with Crippen LogP contribution in [-0.2, 0) is 69.3 Å². The van der Waals surface area contributed by atoms with Crippen LogP contribution in [0, 0.1) is 12.3 Å². The van der Waals surface area contributed by atoms with Gasteiger partial charge in [0.2, 0.25) is 6.29 Å². The number of sulfone groups is 1. The third-order valence-corrected chi connectivity index (χ3v) is 11.2. The molecule has 0 aliphatic carbocycles. The van der Waals surface area contributed by atoms with E-state index in [1.807, 2.05) is 41.5 Å². The zero-order chi connectivity index (χ0) is 58.0. The molecule has 0 bridgehead atoms. The first-order valence-electron chi connectivity index (χ1n) is 24.5. The molecular formula is C53H79N5O17S. The van der Waals surface area contributed by atoms with Gasteiger partial charge >= 0.3 is 12.1 Å². The molecule has 2 aliphatic rings. The fourth-order valence-electron chi connectivity index (χ4n) is 7.00. The largest absolute Gasteiger partial charge is 0.507 e. The number of aliphatic hydroxyl groups is 3. The van der Waals surface area contributed by atoms with Crippen LogP contribution in [0.4, 0.5) is 10.5 Å². The van der Waals surface area contributed by atoms with Crippen molar-refractivity contribution in [3.63, 3.8) is 0 Å². The van der Waals surface area contributed by atoms with Crippen LogP contribution >= 0.6 is 0 Å². The van der Waals surface area contributed by atoms with E-state index in [4.69, 9.17) is 50.0 Å². The maximum Gasteiger partial charge on any atom is 0.412 e. The van der Waals surface area contributed by atoms with Gasteiger partial charge in [0.15, 0.2) is 6.73 Å². The minimum Gasteiger partial charge on any atom is -0.507 e. The van der Waals surface area contributed by atoms with Gasteiger partial charge in [-0.05, 0) is 61.9 Å². The monoisotopic (exact) mass is 1090 g/mol. The molecule has 3 atom stereocenters. The number of aryl methyl sites for hydroxylation is 1. The van der Waals surface area contributed by atoms with Crippen molar-refractivity contribution < 1.29 is 76.4 Å². The summed E-state index contributed by atoms with van der Waals surface area (Å²) >= 11 is 0. The summed E-state index contributed by atoms with van der Waals surface area (Å²) in [5.41, 5.74) is 3.85. The predicted molar refractivity (Wildman–Crippen MR) is 290 cm³/mol. The topological polar surface area (TPSA) is 301 Å². The van der Waals surface area contributed by atoms with E-state index in [9.17, 15) is 42.6 Å². The first-order valence-corrected chi connectivity index (χ1v) is 26.6. The van der Waals surface area contributed by atoms with Crippen molar-refractivity contribution >= 4 is 51.1 Å². The molecule has 2 aromatic carbocycles. The molecule has 22 nitrogen and oxygen atoms in total. The highest BCUT2D eigenvalue weighted by molar-refractivity contribution is 7.90. The first kappa shape index (κ1) is 69.3. The van der Waals surface area contributed by atoms with Crippen LogP contribution in [0.5, 0.6) is 17.2 Å². The minimum absolute atomic E-state index is 0.0349. The van der Waals surface area contributed by atoms with E-state index in [1.165, 1.54) is 17.6 Å². The van der Waals surface area contributed by atoms with E-state index in [2.05, 4.69) is 16.6 Å². The summed E-state index contributed by atoms with van der Waals surface area (Å²) in [7, 11) is 1.94. The molecule has 1 fully saturated rings. The Hall–Kier alpha value is -6.65. The first-order chi connectivity index (χ1) is 36.5. The predicted octanol–water partition coefficient (Wildman–Crippen LogP) is 4.59. The highest BCUT2D eigenvalue weighted by Crippen LogP contribution is 2.38. The average molecular weight is 1090 g/mol. The number of terminal acetylenes is 1. The summed E-state index contributed by atoms with van der Waals surface area (Å²) in [6.07, 6.45) is 5.09. The SMILES string of the molecule is C#CCOCC.CC.CC.CCc1c2c(nc3ccc(OCN(CCS(C)(=O)=O)C(=O)OCc4ccc(OC5CC(O)CC(C=O)O5)c(NC)c4)cc13)-c1cc(O)c(COC(C)=O)c(=O)n1C2.CNCC=O.CO.CO. The van der Waals surface area contributed by atoms with Gasteiger partial charge in [0.05, 0.1) is 53.1 Å². The van der Waals surface area contributed by atoms with Crippen molar-refractivity contribution in [2.45, 2.75) is 106 Å². The number of aldehydes is 2. The van der Waals surface area contributed by atoms with Crippen LogP contribution in [0.25, 0.3) is 22.3 Å². The molecule has 2 aliphatic heterocycles. The molecule has 6 rings (SSSR count). The number of fused-ring (bicyclic) bond motifs is 4. The number of hydrogen-bond donors (Lipinski definition) is 6. The lowest BCUT2D eigenvalue weighted by molar-refractivity contribution is -0.175. The number of carbonyl (C=O) groups is 4. The number of aromatic hydroxyl groups is 1. The lowest BCUT2D eigenvalue weighted by Gasteiger charge is -2.31. The number of likely N-dealkylation sites (N-methyl/N-ethyl adjacent to an activating group) is 1. The van der Waals surface area contributed by atoms with Gasteiger partial charge in [0.1, 0.15) is 65.6 Å². The Morgan fingerprint density at radius 3 is 2.21 bits per heavy atom. The van der Waals surface area contributed by atoms with E-state index in [0.717, 1.165) is 48.2 Å². The molecule has 23 heteroatoms. The van der Waals surface area contributed by atoms with Crippen LogP contribution in [0.15, 0.2) is 47.3 Å². The third kappa shape index (κ3) is 22.3. The zero-order valence-corrected chi connectivity index (χ0v) is 46.7. The molecule has 0 saturated carbocycles. The number of carbonyl (C=O) groups excluding carboxylic acids is 4. The normalized spacial score (nSPS) is 14.4. The zero-order valence-electron chi connectivity index (χ0n) is 45.8. The fraction of sp³-hybridized carbons (Fsp3) is 0.509. The van der Waals surface area contributed by atoms with Crippen molar-refractivity contribution in [3.05, 3.63) is 75.1 Å². The van der Waals surface area contributed by atoms with Crippen LogP contribution in [0.2, 0.25) is 0 Å². The van der Waals surface area contributed by atoms with Crippen LogP contribution < -0.4 is 25.7 Å². The summed E-state index contributed by atoms with van der Waals surface area (Å²) < 4.78 is 58.5. The second-order valence-electron chi connectivity index (χ2n) is 15.4. The Morgan fingerprint density at radius 1 is 0.987 bits per heavy atom. The Balaban J connectivity index is 0.00000258. The van der Waals surface area contributed by atoms with Crippen molar-refractivity contribution in [3.8, 4) is 41.0 Å². The standard InChI is InChI=1S/C39H44N4O13S.C5H8O.C3H7NO.2C2H6.2CH4O/c1-5-27-28-15-25(7-8-31(28)41-37-29(27)17-43-33(37)16-34(47)30(38(43)48)20-52-22(2)45)54-21-42(10-11-57(4,50)51)39(49)53-19-23-6-9-35(32(12-23)40-3)56-36-14-24(46)13-26(18-44)55-36;1-3-5-6-4-2;1-4-2-3-5;4*1-2/h6-9,12,15-16,18,24,26,36,40,46-47H,5,10-11,13-14,17,19-21H2,1-4H3;1H,4-5H2,2H3;3-4H,2H2,1H3;2*1-2H3;2*2H,1H3. The smallest absolute Gasteiger partial charge is 0.412 e. The Bertz CT molecular complexity index is 2620. The van der Waals surface area contributed by atoms with Crippen LogP contribution in [0.3, 0.4) is 0 Å². The van der Waals surface area contributed by atoms with Gasteiger partial charge in [0, 0.05) is 77.5 Å². The number of hydrogen-bond acceptors (Lipinski definition) is 20. The van der Waals surface area contributed by atoms with Crippen molar-refractivity contribution in [2.75, 3.05) is 78.7 Å². The van der Waals surface area contributed by atoms with Gasteiger partial charge in [-0.1, -0.05) is 46.6 Å². The minimum atomic E-state index is -3.46. The Labute approximate surface area is 446 Å². The lowest BCUT2D eigenvalue weighted by Crippen LogP contribution is -2.39. The number of esters is 1. The van der Waals surface area contributed by atoms with Crippen molar-refractivity contribution in [2.24, 2.45) is 0 Å². The highest BCUT2D eigenvalue weighted by atomic mass is 32.2. The van der Waals surface area contributed by atoms with E-state index in [1.54, 1.807) is 50.5 Å². The molecule has 4 aromatic rings. The molecule has 6 N–H and O–H groups in total. The summed E-state index contributed by atoms with van der Waals surface area (Å²) in [4.78, 5) is 64.6. The summed E-state index contributed by atoms with van der Waals surface area (Å²) in [6, 6.07) is 11.6. The molecule has 424 valence electrons. The van der Waals surface area contributed by atoms with E-state index >= 15 is 0 Å². The number of pyridine rings is 2. The average Bonchev–Trinajstić information content (AvgIpc) is 3.79. The van der Waals surface area contributed by atoms with Gasteiger partial charge in [0.25, 0.3) is 5.56 Å². The Morgan fingerprint density at radius 2 is 1.67 bits per heavy atom. The molecule has 0 radical (unpaired) electrons. The summed E-state index contributed by atoms with van der Waals surface area (Å²) in [5, 5.41) is 41.1. The Kier molecular flexibility index (Phi) is 34.7. The van der Waals surface area contributed by atoms with Crippen molar-refractivity contribution in [1.82, 2.24) is 19.8 Å². The van der Waals surface area contributed by atoms with E-state index < -0.39 is 46.0 Å². The van der Waals surface area contributed by atoms with E-state index in [-0.39, 0.29) is 62.9 Å². The van der Waals surface area contributed by atoms with Gasteiger partial charge in [-0.15, -0.1) is 6.42 Å². The van der Waals surface area contributed by atoms with Gasteiger partial charge in [-0.25, -0.2) is 18.2 Å². The molecule has 1 saturated heterocycles. The lowest BCUT2D eigenvalue weighted by atomic mass is 9.98. The maximum absolute atomic E-state index is 13.4. The number of benzene rings is 2. The summed E-state index contributed by atoms with van der Waals surface area (Å²) in [5.74, 6) is 1.89. The van der Waals surface area contributed by atoms with Gasteiger partial charge in [-0.3, -0.25) is 14.5 Å². The maximum atomic E-state index is 13.4. The van der Waals surface area contributed by atoms with Gasteiger partial charge in [-0.2, -0.15) is 0 Å². The quantitative estimate of drug-likeness (QED) is 0.0217. The molecule has 2 aromatic heterocycles. The van der Waals surface area contributed by atoms with Crippen LogP contribution in [0.1, 0.15) is 83.6 Å². The fourth-order valence-corrected chi connectivity index (χ4v) is 7.55. The third-order valence-electron chi connectivity index (χ3n) is 10.3. The van der Waals surface area contributed by atoms with Crippen molar-refractivity contribution in [1.29, 1.82) is 0 Å². The second-order valence-corrected chi connectivity index (χ2v) is 17.6. The number of nitrogens with one attached hydrogen (secondary N) is 2. The van der Waals surface area contributed by atoms with Crippen LogP contribution in [-0.4, -0.2) is 160 Å². The van der Waals surface area contributed by atoms with E-state index in [0.29, 0.717) is 72.1 Å². The number of ether oxygens (including phenoxy) is 6.